The molecule has 2 aromatic rings. The zero-order valence-electron chi connectivity index (χ0n) is 17.1. The van der Waals surface area contributed by atoms with Crippen molar-refractivity contribution in [3.8, 4) is 5.75 Å². The number of benzene rings is 2. The van der Waals surface area contributed by atoms with Crippen molar-refractivity contribution < 1.29 is 10.2 Å². The molecule has 3 aliphatic rings. The van der Waals surface area contributed by atoms with Crippen LogP contribution in [0.4, 0.5) is 0 Å². The van der Waals surface area contributed by atoms with E-state index in [4.69, 9.17) is 0 Å². The number of aryl methyl sites for hydroxylation is 1. The maximum Gasteiger partial charge on any atom is 0.115 e. The van der Waals surface area contributed by atoms with Crippen LogP contribution in [0, 0.1) is 17.3 Å². The molecule has 5 rings (SSSR count). The lowest BCUT2D eigenvalue weighted by Crippen LogP contribution is -2.49. The molecule has 0 unspecified atom stereocenters. The molecule has 2 fully saturated rings. The molecule has 29 heavy (non-hydrogen) atoms. The summed E-state index contributed by atoms with van der Waals surface area (Å²) in [6.07, 6.45) is 8.51. The van der Waals surface area contributed by atoms with Crippen molar-refractivity contribution in [2.24, 2.45) is 17.3 Å². The lowest BCUT2D eigenvalue weighted by atomic mass is 9.53. The van der Waals surface area contributed by atoms with Crippen molar-refractivity contribution in [3.63, 3.8) is 0 Å². The van der Waals surface area contributed by atoms with Gasteiger partial charge in [0.2, 0.25) is 0 Å². The van der Waals surface area contributed by atoms with E-state index in [0.717, 1.165) is 32.1 Å². The Morgan fingerprint density at radius 1 is 1.03 bits per heavy atom. The summed E-state index contributed by atoms with van der Waals surface area (Å²) in [6, 6.07) is 16.3. The minimum atomic E-state index is -0.709. The van der Waals surface area contributed by atoms with Crippen LogP contribution in [0.25, 0.3) is 0 Å². The highest BCUT2D eigenvalue weighted by Crippen LogP contribution is 2.64. The first kappa shape index (κ1) is 19.3. The average Bonchev–Trinajstić information content (AvgIpc) is 2.99. The summed E-state index contributed by atoms with van der Waals surface area (Å²) in [4.78, 5) is 1.21. The molecule has 3 aliphatic carbocycles. The SMILES string of the molecule is C[C@]12CC[C@@H]3c4ccc(O)cc4CC[C@H]3[C@@H]1CC[C@@]2(O)/C=C/Sc1ccccc1. The topological polar surface area (TPSA) is 40.5 Å². The minimum Gasteiger partial charge on any atom is -0.508 e. The first-order valence-corrected chi connectivity index (χ1v) is 11.8. The molecule has 0 heterocycles. The van der Waals surface area contributed by atoms with E-state index in [2.05, 4.69) is 48.7 Å². The summed E-state index contributed by atoms with van der Waals surface area (Å²) in [6.45, 7) is 2.34. The molecule has 3 heteroatoms. The largest absolute Gasteiger partial charge is 0.508 e. The summed E-state index contributed by atoms with van der Waals surface area (Å²) in [5.74, 6) is 2.19. The first-order valence-electron chi connectivity index (χ1n) is 10.9. The molecule has 0 aliphatic heterocycles. The van der Waals surface area contributed by atoms with Gasteiger partial charge >= 0.3 is 0 Å². The van der Waals surface area contributed by atoms with E-state index in [1.165, 1.54) is 22.4 Å². The smallest absolute Gasteiger partial charge is 0.115 e. The Morgan fingerprint density at radius 2 is 1.86 bits per heavy atom. The Bertz CT molecular complexity index is 924. The van der Waals surface area contributed by atoms with Gasteiger partial charge in [-0.2, -0.15) is 0 Å². The molecule has 2 nitrogen and oxygen atoms in total. The maximum atomic E-state index is 11.7. The minimum absolute atomic E-state index is 0.0453. The van der Waals surface area contributed by atoms with E-state index in [1.54, 1.807) is 11.8 Å². The van der Waals surface area contributed by atoms with E-state index >= 15 is 0 Å². The second-order valence-corrected chi connectivity index (χ2v) is 10.4. The Labute approximate surface area is 178 Å². The number of thioether (sulfide) groups is 1. The van der Waals surface area contributed by atoms with Crippen LogP contribution in [0.5, 0.6) is 5.75 Å². The second-order valence-electron chi connectivity index (χ2n) is 9.45. The molecule has 2 N–H and O–H groups in total. The standard InChI is InChI=1S/C26H30O2S/c1-25-13-11-22-21-10-8-19(27)17-18(21)7-9-23(22)24(25)12-14-26(25,28)15-16-29-20-5-3-2-4-6-20/h2-6,8,10,15-17,22-24,27-28H,7,9,11-14H2,1H3/b16-15+/t22-,23-,24+,25+,26-/m1/s1. The zero-order chi connectivity index (χ0) is 20.1. The fourth-order valence-corrected chi connectivity index (χ4v) is 7.38. The number of aromatic hydroxyl groups is 1. The lowest BCUT2D eigenvalue weighted by molar-refractivity contribution is -0.0708. The van der Waals surface area contributed by atoms with Crippen LogP contribution in [-0.4, -0.2) is 15.8 Å². The van der Waals surface area contributed by atoms with Gasteiger partial charge in [-0.05, 0) is 103 Å². The molecule has 2 aromatic carbocycles. The summed E-state index contributed by atoms with van der Waals surface area (Å²) >= 11 is 1.69. The number of aliphatic hydroxyl groups is 1. The average molecular weight is 407 g/mol. The van der Waals surface area contributed by atoms with Gasteiger partial charge in [0.1, 0.15) is 5.75 Å². The Hall–Kier alpha value is -1.71. The Kier molecular flexibility index (Phi) is 4.79. The second kappa shape index (κ2) is 7.21. The van der Waals surface area contributed by atoms with Crippen LogP contribution >= 0.6 is 11.8 Å². The first-order chi connectivity index (χ1) is 14.0. The number of phenols is 1. The fraction of sp³-hybridized carbons (Fsp3) is 0.462. The van der Waals surface area contributed by atoms with E-state index in [0.29, 0.717) is 23.5 Å². The van der Waals surface area contributed by atoms with Crippen LogP contribution in [0.3, 0.4) is 0 Å². The van der Waals surface area contributed by atoms with E-state index in [9.17, 15) is 10.2 Å². The predicted molar refractivity (Wildman–Crippen MR) is 119 cm³/mol. The van der Waals surface area contributed by atoms with Crippen LogP contribution in [-0.2, 0) is 6.42 Å². The molecule has 0 radical (unpaired) electrons. The normalized spacial score (nSPS) is 35.9. The van der Waals surface area contributed by atoms with Gasteiger partial charge in [0, 0.05) is 10.3 Å². The van der Waals surface area contributed by atoms with Gasteiger partial charge in [0.05, 0.1) is 5.60 Å². The highest BCUT2D eigenvalue weighted by Gasteiger charge is 2.60. The number of rotatable bonds is 3. The van der Waals surface area contributed by atoms with Gasteiger partial charge < -0.3 is 10.2 Å². The Morgan fingerprint density at radius 3 is 2.69 bits per heavy atom. The van der Waals surface area contributed by atoms with Crippen molar-refractivity contribution in [1.82, 2.24) is 0 Å². The van der Waals surface area contributed by atoms with E-state index in [-0.39, 0.29) is 5.41 Å². The van der Waals surface area contributed by atoms with Crippen molar-refractivity contribution in [2.45, 2.75) is 61.9 Å². The van der Waals surface area contributed by atoms with Gasteiger partial charge in [-0.3, -0.25) is 0 Å². The molecule has 152 valence electrons. The number of hydrogen-bond acceptors (Lipinski definition) is 3. The summed E-state index contributed by atoms with van der Waals surface area (Å²) in [5, 5.41) is 23.7. The van der Waals surface area contributed by atoms with E-state index in [1.807, 2.05) is 18.2 Å². The third-order valence-electron chi connectivity index (χ3n) is 8.22. The van der Waals surface area contributed by atoms with Gasteiger partial charge in [0.25, 0.3) is 0 Å². The summed E-state index contributed by atoms with van der Waals surface area (Å²) < 4.78 is 0. The third-order valence-corrected chi connectivity index (χ3v) is 9.03. The van der Waals surface area contributed by atoms with Crippen molar-refractivity contribution >= 4 is 11.8 Å². The molecule has 0 saturated heterocycles. The van der Waals surface area contributed by atoms with Crippen LogP contribution in [0.15, 0.2) is 64.9 Å². The fourth-order valence-electron chi connectivity index (χ4n) is 6.62. The van der Waals surface area contributed by atoms with Crippen LogP contribution in [0.1, 0.15) is 56.1 Å². The van der Waals surface area contributed by atoms with Gasteiger partial charge in [-0.1, -0.05) is 43.0 Å². The molecule has 5 atom stereocenters. The number of phenolic OH excluding ortho intramolecular Hbond substituents is 1. The number of fused-ring (bicyclic) bond motifs is 5. The maximum absolute atomic E-state index is 11.7. The van der Waals surface area contributed by atoms with Gasteiger partial charge in [-0.15, -0.1) is 0 Å². The highest BCUT2D eigenvalue weighted by molar-refractivity contribution is 8.02. The third kappa shape index (κ3) is 3.14. The molecule has 0 bridgehead atoms. The summed E-state index contributed by atoms with van der Waals surface area (Å²) in [7, 11) is 0. The number of hydrogen-bond donors (Lipinski definition) is 2. The highest BCUT2D eigenvalue weighted by atomic mass is 32.2. The van der Waals surface area contributed by atoms with Crippen molar-refractivity contribution in [3.05, 3.63) is 71.1 Å². The summed E-state index contributed by atoms with van der Waals surface area (Å²) in [5.41, 5.74) is 2.03. The monoisotopic (exact) mass is 406 g/mol. The zero-order valence-corrected chi connectivity index (χ0v) is 17.9. The molecular formula is C26H30O2S. The lowest BCUT2D eigenvalue weighted by Gasteiger charge is -2.52. The van der Waals surface area contributed by atoms with Crippen molar-refractivity contribution in [2.75, 3.05) is 0 Å². The van der Waals surface area contributed by atoms with Crippen molar-refractivity contribution in [1.29, 1.82) is 0 Å². The predicted octanol–water partition coefficient (Wildman–Crippen LogP) is 6.29. The quantitative estimate of drug-likeness (QED) is 0.589. The molecule has 0 aromatic heterocycles. The van der Waals surface area contributed by atoms with Gasteiger partial charge in [-0.25, -0.2) is 0 Å². The van der Waals surface area contributed by atoms with Gasteiger partial charge in [0.15, 0.2) is 0 Å². The van der Waals surface area contributed by atoms with E-state index < -0.39 is 5.60 Å². The molecular weight excluding hydrogens is 376 g/mol. The Balaban J connectivity index is 1.38. The molecule has 0 spiro atoms. The molecule has 2 saturated carbocycles. The molecule has 0 amide bonds. The van der Waals surface area contributed by atoms with Crippen LogP contribution in [0.2, 0.25) is 0 Å². The van der Waals surface area contributed by atoms with Crippen LogP contribution < -0.4 is 0 Å².